The van der Waals surface area contributed by atoms with Crippen molar-refractivity contribution >= 4 is 33.9 Å². The number of nitrogens with zero attached hydrogens (tertiary/aromatic N) is 2. The minimum atomic E-state index is -0.876. The Morgan fingerprint density at radius 3 is 2.68 bits per heavy atom. The van der Waals surface area contributed by atoms with Crippen molar-refractivity contribution in [2.24, 2.45) is 0 Å². The lowest BCUT2D eigenvalue weighted by Gasteiger charge is -2.09. The SMILES string of the molecule is CN(C)C(=O)Sc1ccc2c(ccn2CC(=O)O)c1. The van der Waals surface area contributed by atoms with Crippen LogP contribution in [0.25, 0.3) is 10.9 Å². The highest BCUT2D eigenvalue weighted by atomic mass is 32.2. The van der Waals surface area contributed by atoms with Gasteiger partial charge >= 0.3 is 5.97 Å². The Labute approximate surface area is 114 Å². The van der Waals surface area contributed by atoms with Gasteiger partial charge in [-0.1, -0.05) is 0 Å². The predicted octanol–water partition coefficient (Wildman–Crippen LogP) is 2.50. The Bertz CT molecular complexity index is 634. The summed E-state index contributed by atoms with van der Waals surface area (Å²) in [5, 5.41) is 9.70. The molecular weight excluding hydrogens is 264 g/mol. The molecule has 2 rings (SSSR count). The van der Waals surface area contributed by atoms with Crippen LogP contribution < -0.4 is 0 Å². The van der Waals surface area contributed by atoms with E-state index in [4.69, 9.17) is 5.11 Å². The number of amides is 1. The van der Waals surface area contributed by atoms with Gasteiger partial charge in [-0.15, -0.1) is 0 Å². The van der Waals surface area contributed by atoms with Crippen molar-refractivity contribution in [2.45, 2.75) is 11.4 Å². The number of aliphatic carboxylic acids is 1. The van der Waals surface area contributed by atoms with E-state index in [-0.39, 0.29) is 11.8 Å². The Morgan fingerprint density at radius 1 is 1.32 bits per heavy atom. The van der Waals surface area contributed by atoms with Gasteiger partial charge in [0, 0.05) is 36.1 Å². The van der Waals surface area contributed by atoms with Gasteiger partial charge in [0.2, 0.25) is 0 Å². The molecule has 0 spiro atoms. The van der Waals surface area contributed by atoms with Crippen molar-refractivity contribution in [3.05, 3.63) is 30.5 Å². The summed E-state index contributed by atoms with van der Waals surface area (Å²) in [4.78, 5) is 24.7. The molecule has 1 heterocycles. The second kappa shape index (κ2) is 5.36. The van der Waals surface area contributed by atoms with Crippen molar-refractivity contribution in [1.29, 1.82) is 0 Å². The minimum absolute atomic E-state index is 0.0377. The molecule has 1 aromatic carbocycles. The fraction of sp³-hybridized carbons (Fsp3) is 0.231. The average molecular weight is 278 g/mol. The van der Waals surface area contributed by atoms with Crippen LogP contribution in [0.1, 0.15) is 0 Å². The molecule has 0 atom stereocenters. The molecule has 2 aromatic rings. The molecule has 5 nitrogen and oxygen atoms in total. The number of carboxylic acids is 1. The Kier molecular flexibility index (Phi) is 3.80. The normalized spacial score (nSPS) is 10.6. The summed E-state index contributed by atoms with van der Waals surface area (Å²) in [5.74, 6) is -0.876. The highest BCUT2D eigenvalue weighted by molar-refractivity contribution is 8.13. The topological polar surface area (TPSA) is 62.5 Å². The summed E-state index contributed by atoms with van der Waals surface area (Å²) >= 11 is 1.15. The van der Waals surface area contributed by atoms with Gasteiger partial charge in [0.25, 0.3) is 5.24 Å². The summed E-state index contributed by atoms with van der Waals surface area (Å²) in [6.45, 7) is -0.0629. The standard InChI is InChI=1S/C13H14N2O3S/c1-14(2)13(18)19-10-3-4-11-9(7-10)5-6-15(11)8-12(16)17/h3-7H,8H2,1-2H3,(H,16,17). The van der Waals surface area contributed by atoms with Gasteiger partial charge in [0.05, 0.1) is 0 Å². The Morgan fingerprint density at radius 2 is 2.05 bits per heavy atom. The van der Waals surface area contributed by atoms with Crippen molar-refractivity contribution in [2.75, 3.05) is 14.1 Å². The molecule has 0 aliphatic rings. The number of aromatic nitrogens is 1. The highest BCUT2D eigenvalue weighted by Crippen LogP contribution is 2.25. The van der Waals surface area contributed by atoms with Gasteiger partial charge in [-0.2, -0.15) is 0 Å². The van der Waals surface area contributed by atoms with E-state index >= 15 is 0 Å². The number of carboxylic acid groups (broad SMARTS) is 1. The van der Waals surface area contributed by atoms with Gasteiger partial charge in [-0.3, -0.25) is 9.59 Å². The van der Waals surface area contributed by atoms with Crippen LogP contribution in [0, 0.1) is 0 Å². The Balaban J connectivity index is 2.27. The van der Waals surface area contributed by atoms with Crippen LogP contribution in [0.2, 0.25) is 0 Å². The summed E-state index contributed by atoms with van der Waals surface area (Å²) in [6, 6.07) is 7.40. The van der Waals surface area contributed by atoms with E-state index in [9.17, 15) is 9.59 Å². The number of benzene rings is 1. The van der Waals surface area contributed by atoms with E-state index in [2.05, 4.69) is 0 Å². The maximum atomic E-state index is 11.6. The molecule has 0 fully saturated rings. The van der Waals surface area contributed by atoms with Crippen molar-refractivity contribution in [3.8, 4) is 0 Å². The first kappa shape index (κ1) is 13.5. The number of hydrogen-bond acceptors (Lipinski definition) is 3. The molecular formula is C13H14N2O3S. The van der Waals surface area contributed by atoms with Crippen LogP contribution in [-0.4, -0.2) is 39.9 Å². The monoisotopic (exact) mass is 278 g/mol. The van der Waals surface area contributed by atoms with Crippen LogP contribution in [0.4, 0.5) is 4.79 Å². The fourth-order valence-electron chi connectivity index (χ4n) is 1.72. The lowest BCUT2D eigenvalue weighted by molar-refractivity contribution is -0.137. The fourth-order valence-corrected chi connectivity index (χ4v) is 2.42. The van der Waals surface area contributed by atoms with Gasteiger partial charge in [0.1, 0.15) is 6.54 Å². The first-order valence-electron chi connectivity index (χ1n) is 5.67. The van der Waals surface area contributed by atoms with E-state index in [0.29, 0.717) is 0 Å². The largest absolute Gasteiger partial charge is 0.480 e. The van der Waals surface area contributed by atoms with E-state index in [1.54, 1.807) is 24.9 Å². The molecule has 0 bridgehead atoms. The summed E-state index contributed by atoms with van der Waals surface area (Å²) in [5.41, 5.74) is 0.851. The number of rotatable bonds is 3. The first-order valence-corrected chi connectivity index (χ1v) is 6.49. The number of thioether (sulfide) groups is 1. The van der Waals surface area contributed by atoms with E-state index in [0.717, 1.165) is 27.6 Å². The molecule has 0 saturated heterocycles. The lowest BCUT2D eigenvalue weighted by Crippen LogP contribution is -2.15. The average Bonchev–Trinajstić information content (AvgIpc) is 2.71. The molecule has 1 N–H and O–H groups in total. The van der Waals surface area contributed by atoms with Crippen LogP contribution >= 0.6 is 11.8 Å². The molecule has 19 heavy (non-hydrogen) atoms. The number of hydrogen-bond donors (Lipinski definition) is 1. The van der Waals surface area contributed by atoms with Crippen molar-refractivity contribution in [1.82, 2.24) is 9.47 Å². The van der Waals surface area contributed by atoms with E-state index < -0.39 is 5.97 Å². The number of carbonyl (C=O) groups is 2. The third-order valence-electron chi connectivity index (χ3n) is 2.62. The van der Waals surface area contributed by atoms with Gasteiger partial charge < -0.3 is 14.6 Å². The quantitative estimate of drug-likeness (QED) is 0.876. The molecule has 0 aliphatic heterocycles. The second-order valence-corrected chi connectivity index (χ2v) is 5.35. The maximum Gasteiger partial charge on any atom is 0.323 e. The third kappa shape index (κ3) is 3.08. The smallest absolute Gasteiger partial charge is 0.323 e. The zero-order valence-electron chi connectivity index (χ0n) is 10.7. The zero-order chi connectivity index (χ0) is 14.0. The van der Waals surface area contributed by atoms with Crippen LogP contribution in [0.3, 0.4) is 0 Å². The van der Waals surface area contributed by atoms with Crippen molar-refractivity contribution < 1.29 is 14.7 Å². The highest BCUT2D eigenvalue weighted by Gasteiger charge is 2.09. The number of fused-ring (bicyclic) bond motifs is 1. The third-order valence-corrected chi connectivity index (χ3v) is 3.65. The summed E-state index contributed by atoms with van der Waals surface area (Å²) < 4.78 is 1.67. The lowest BCUT2D eigenvalue weighted by atomic mass is 10.2. The van der Waals surface area contributed by atoms with E-state index in [1.165, 1.54) is 4.90 Å². The van der Waals surface area contributed by atoms with Crippen molar-refractivity contribution in [3.63, 3.8) is 0 Å². The van der Waals surface area contributed by atoms with E-state index in [1.807, 2.05) is 24.3 Å². The van der Waals surface area contributed by atoms with Crippen LogP contribution in [0.5, 0.6) is 0 Å². The van der Waals surface area contributed by atoms with Gasteiger partial charge in [-0.05, 0) is 36.0 Å². The first-order chi connectivity index (χ1) is 8.97. The maximum absolute atomic E-state index is 11.6. The second-order valence-electron chi connectivity index (χ2n) is 4.32. The Hall–Kier alpha value is -1.95. The minimum Gasteiger partial charge on any atom is -0.480 e. The molecule has 0 saturated carbocycles. The molecule has 0 aliphatic carbocycles. The molecule has 0 unspecified atom stereocenters. The summed E-state index contributed by atoms with van der Waals surface area (Å²) in [6.07, 6.45) is 1.74. The molecule has 100 valence electrons. The van der Waals surface area contributed by atoms with Crippen LogP contribution in [-0.2, 0) is 11.3 Å². The zero-order valence-corrected chi connectivity index (χ0v) is 11.5. The molecule has 0 radical (unpaired) electrons. The molecule has 6 heteroatoms. The molecule has 1 aromatic heterocycles. The van der Waals surface area contributed by atoms with Gasteiger partial charge in [0.15, 0.2) is 0 Å². The van der Waals surface area contributed by atoms with Crippen LogP contribution in [0.15, 0.2) is 35.4 Å². The molecule has 1 amide bonds. The summed E-state index contributed by atoms with van der Waals surface area (Å²) in [7, 11) is 3.41. The predicted molar refractivity (Wildman–Crippen MR) is 74.5 cm³/mol. The number of carbonyl (C=O) groups excluding carboxylic acids is 1. The van der Waals surface area contributed by atoms with Gasteiger partial charge in [-0.25, -0.2) is 0 Å².